The summed E-state index contributed by atoms with van der Waals surface area (Å²) in [5.74, 6) is 0. The summed E-state index contributed by atoms with van der Waals surface area (Å²) < 4.78 is 1.63. The van der Waals surface area contributed by atoms with Gasteiger partial charge in [0.1, 0.15) is 5.01 Å². The Labute approximate surface area is 147 Å². The molecule has 0 aliphatic heterocycles. The minimum Gasteiger partial charge on any atom is -0.258 e. The van der Waals surface area contributed by atoms with Crippen LogP contribution in [0.1, 0.15) is 17.5 Å². The normalized spacial score (nSPS) is 12.4. The number of aryl methyl sites for hydroxylation is 1. The van der Waals surface area contributed by atoms with E-state index in [1.807, 2.05) is 44.2 Å². The van der Waals surface area contributed by atoms with Crippen molar-refractivity contribution in [3.05, 3.63) is 80.1 Å². The van der Waals surface area contributed by atoms with Crippen LogP contribution in [0.25, 0.3) is 5.69 Å². The molecule has 0 atom stereocenters. The van der Waals surface area contributed by atoms with Crippen molar-refractivity contribution in [3.63, 3.8) is 0 Å². The maximum absolute atomic E-state index is 10.8. The van der Waals surface area contributed by atoms with Crippen LogP contribution in [0.5, 0.6) is 0 Å². The Morgan fingerprint density at radius 2 is 1.84 bits per heavy atom. The first kappa shape index (κ1) is 16.7. The van der Waals surface area contributed by atoms with E-state index in [1.165, 1.54) is 23.5 Å². The Hall–Kier alpha value is -3.13. The number of non-ortho nitro benzene ring substituents is 1. The van der Waals surface area contributed by atoms with E-state index in [9.17, 15) is 10.1 Å². The third kappa shape index (κ3) is 3.86. The SMILES string of the molecule is CC(=NN=c1sc(C)nn1-c1ccc([N+](=O)[O-])cc1)c1ccccc1. The van der Waals surface area contributed by atoms with Crippen LogP contribution >= 0.6 is 11.3 Å². The maximum atomic E-state index is 10.8. The predicted octanol–water partition coefficient (Wildman–Crippen LogP) is 3.48. The van der Waals surface area contributed by atoms with Gasteiger partial charge in [0.15, 0.2) is 0 Å². The Morgan fingerprint density at radius 3 is 2.48 bits per heavy atom. The van der Waals surface area contributed by atoms with Crippen molar-refractivity contribution in [3.8, 4) is 5.69 Å². The van der Waals surface area contributed by atoms with Gasteiger partial charge in [-0.1, -0.05) is 41.7 Å². The molecule has 0 unspecified atom stereocenters. The fourth-order valence-electron chi connectivity index (χ4n) is 2.18. The number of rotatable bonds is 4. The van der Waals surface area contributed by atoms with Crippen molar-refractivity contribution in [2.24, 2.45) is 10.2 Å². The summed E-state index contributed by atoms with van der Waals surface area (Å²) in [7, 11) is 0. The summed E-state index contributed by atoms with van der Waals surface area (Å²) in [6, 6.07) is 16.0. The van der Waals surface area contributed by atoms with Gasteiger partial charge in [-0.2, -0.15) is 10.2 Å². The van der Waals surface area contributed by atoms with Gasteiger partial charge in [0.05, 0.1) is 16.3 Å². The van der Waals surface area contributed by atoms with E-state index < -0.39 is 4.92 Å². The number of nitrogens with zero attached hydrogens (tertiary/aromatic N) is 5. The molecular formula is C17H15N5O2S. The van der Waals surface area contributed by atoms with Crippen molar-refractivity contribution in [2.45, 2.75) is 13.8 Å². The largest absolute Gasteiger partial charge is 0.269 e. The topological polar surface area (TPSA) is 85.7 Å². The molecule has 3 aromatic rings. The lowest BCUT2D eigenvalue weighted by Crippen LogP contribution is -2.14. The van der Waals surface area contributed by atoms with Gasteiger partial charge in [-0.05, 0) is 31.5 Å². The van der Waals surface area contributed by atoms with E-state index in [4.69, 9.17) is 0 Å². The third-order valence-corrected chi connectivity index (χ3v) is 4.26. The summed E-state index contributed by atoms with van der Waals surface area (Å²) in [6.07, 6.45) is 0. The fourth-order valence-corrected chi connectivity index (χ4v) is 2.88. The van der Waals surface area contributed by atoms with Gasteiger partial charge < -0.3 is 0 Å². The number of benzene rings is 2. The number of aromatic nitrogens is 2. The van der Waals surface area contributed by atoms with E-state index in [0.717, 1.165) is 16.3 Å². The zero-order valence-corrected chi connectivity index (χ0v) is 14.5. The molecule has 0 aliphatic carbocycles. The Morgan fingerprint density at radius 1 is 1.16 bits per heavy atom. The highest BCUT2D eigenvalue weighted by atomic mass is 32.1. The standard InChI is InChI=1S/C17H15N5O2S/c1-12(14-6-4-3-5-7-14)18-19-17-21(20-13(2)25-17)15-8-10-16(11-9-15)22(23)24/h3-11H,1-2H3. The molecule has 1 aromatic heterocycles. The maximum Gasteiger partial charge on any atom is 0.269 e. The van der Waals surface area contributed by atoms with Crippen molar-refractivity contribution >= 4 is 22.7 Å². The Balaban J connectivity index is 2.00. The van der Waals surface area contributed by atoms with E-state index in [2.05, 4.69) is 15.3 Å². The fraction of sp³-hybridized carbons (Fsp3) is 0.118. The zero-order valence-electron chi connectivity index (χ0n) is 13.7. The lowest BCUT2D eigenvalue weighted by atomic mass is 10.1. The second kappa shape index (κ2) is 7.18. The monoisotopic (exact) mass is 353 g/mol. The van der Waals surface area contributed by atoms with E-state index >= 15 is 0 Å². The summed E-state index contributed by atoms with van der Waals surface area (Å²) in [4.78, 5) is 10.9. The minimum atomic E-state index is -0.431. The summed E-state index contributed by atoms with van der Waals surface area (Å²) in [5, 5.41) is 24.6. The smallest absolute Gasteiger partial charge is 0.258 e. The average molecular weight is 353 g/mol. The lowest BCUT2D eigenvalue weighted by molar-refractivity contribution is -0.384. The molecule has 126 valence electrons. The molecule has 0 fully saturated rings. The Bertz CT molecular complexity index is 988. The number of nitro benzene ring substituents is 1. The Kier molecular flexibility index (Phi) is 4.80. The molecule has 2 aromatic carbocycles. The first-order chi connectivity index (χ1) is 12.0. The van der Waals surface area contributed by atoms with Crippen LogP contribution in [0.2, 0.25) is 0 Å². The molecule has 3 rings (SSSR count). The molecule has 8 heteroatoms. The van der Waals surface area contributed by atoms with Gasteiger partial charge in [-0.15, -0.1) is 5.10 Å². The molecule has 0 aliphatic rings. The lowest BCUT2D eigenvalue weighted by Gasteiger charge is -2.00. The van der Waals surface area contributed by atoms with Crippen LogP contribution in [-0.4, -0.2) is 20.4 Å². The second-order valence-corrected chi connectivity index (χ2v) is 6.40. The predicted molar refractivity (Wildman–Crippen MR) is 97.0 cm³/mol. The third-order valence-electron chi connectivity index (χ3n) is 3.44. The van der Waals surface area contributed by atoms with Crippen LogP contribution in [0.3, 0.4) is 0 Å². The van der Waals surface area contributed by atoms with Crippen molar-refractivity contribution in [1.82, 2.24) is 9.78 Å². The molecule has 0 saturated heterocycles. The minimum absolute atomic E-state index is 0.0349. The summed E-state index contributed by atoms with van der Waals surface area (Å²) in [6.45, 7) is 3.77. The molecule has 0 spiro atoms. The first-order valence-electron chi connectivity index (χ1n) is 7.50. The number of hydrogen-bond acceptors (Lipinski definition) is 6. The molecule has 0 radical (unpaired) electrons. The summed E-state index contributed by atoms with van der Waals surface area (Å²) in [5.41, 5.74) is 2.52. The molecule has 0 N–H and O–H groups in total. The highest BCUT2D eigenvalue weighted by molar-refractivity contribution is 7.08. The van der Waals surface area contributed by atoms with Gasteiger partial charge in [0.25, 0.3) is 5.69 Å². The zero-order chi connectivity index (χ0) is 17.8. The molecule has 1 heterocycles. The van der Waals surface area contributed by atoms with Crippen LogP contribution in [-0.2, 0) is 0 Å². The van der Waals surface area contributed by atoms with E-state index in [0.29, 0.717) is 10.5 Å². The van der Waals surface area contributed by atoms with Gasteiger partial charge in [-0.25, -0.2) is 4.68 Å². The van der Waals surface area contributed by atoms with Crippen LogP contribution < -0.4 is 4.80 Å². The van der Waals surface area contributed by atoms with Crippen molar-refractivity contribution < 1.29 is 4.92 Å². The number of nitro groups is 1. The summed E-state index contributed by atoms with van der Waals surface area (Å²) >= 11 is 1.40. The molecular weight excluding hydrogens is 338 g/mol. The highest BCUT2D eigenvalue weighted by Gasteiger charge is 2.08. The molecule has 0 saturated carbocycles. The molecule has 0 amide bonds. The van der Waals surface area contributed by atoms with Crippen LogP contribution in [0, 0.1) is 17.0 Å². The van der Waals surface area contributed by atoms with Gasteiger partial charge in [0.2, 0.25) is 4.80 Å². The second-order valence-electron chi connectivity index (χ2n) is 5.24. The molecule has 7 nitrogen and oxygen atoms in total. The van der Waals surface area contributed by atoms with E-state index in [1.54, 1.807) is 16.8 Å². The van der Waals surface area contributed by atoms with Gasteiger partial charge in [0, 0.05) is 12.1 Å². The highest BCUT2D eigenvalue weighted by Crippen LogP contribution is 2.14. The van der Waals surface area contributed by atoms with Crippen LogP contribution in [0.15, 0.2) is 64.8 Å². The molecule has 25 heavy (non-hydrogen) atoms. The number of hydrogen-bond donors (Lipinski definition) is 0. The van der Waals surface area contributed by atoms with Gasteiger partial charge in [-0.3, -0.25) is 10.1 Å². The van der Waals surface area contributed by atoms with Crippen molar-refractivity contribution in [2.75, 3.05) is 0 Å². The first-order valence-corrected chi connectivity index (χ1v) is 8.31. The van der Waals surface area contributed by atoms with E-state index in [-0.39, 0.29) is 5.69 Å². The van der Waals surface area contributed by atoms with Crippen molar-refractivity contribution in [1.29, 1.82) is 0 Å². The van der Waals surface area contributed by atoms with Gasteiger partial charge >= 0.3 is 0 Å². The molecule has 0 bridgehead atoms. The van der Waals surface area contributed by atoms with Crippen LogP contribution in [0.4, 0.5) is 5.69 Å². The average Bonchev–Trinajstić information content (AvgIpc) is 3.01. The quantitative estimate of drug-likeness (QED) is 0.409.